The van der Waals surface area contributed by atoms with Crippen molar-refractivity contribution in [3.05, 3.63) is 12.3 Å². The summed E-state index contributed by atoms with van der Waals surface area (Å²) in [6.07, 6.45) is 8.59. The second-order valence-electron chi connectivity index (χ2n) is 6.88. The highest BCUT2D eigenvalue weighted by molar-refractivity contribution is 8.00. The minimum absolute atomic E-state index is 0.335. The summed E-state index contributed by atoms with van der Waals surface area (Å²) in [5.74, 6) is 2.08. The fraction of sp³-hybridized carbons (Fsp3) is 0.889. The molecule has 3 nitrogen and oxygen atoms in total. The summed E-state index contributed by atoms with van der Waals surface area (Å²) in [7, 11) is 2.09. The predicted octanol–water partition coefficient (Wildman–Crippen LogP) is 3.51. The van der Waals surface area contributed by atoms with Gasteiger partial charge in [-0.3, -0.25) is 0 Å². The van der Waals surface area contributed by atoms with Gasteiger partial charge in [-0.25, -0.2) is 0 Å². The molecular weight excluding hydrogens is 290 g/mol. The Morgan fingerprint density at radius 3 is 2.73 bits per heavy atom. The summed E-state index contributed by atoms with van der Waals surface area (Å²) < 4.78 is 0. The summed E-state index contributed by atoms with van der Waals surface area (Å²) in [5, 5.41) is 7.74. The smallest absolute Gasteiger partial charge is 0.0191 e. The van der Waals surface area contributed by atoms with E-state index < -0.39 is 0 Å². The van der Waals surface area contributed by atoms with Gasteiger partial charge >= 0.3 is 0 Å². The molecule has 1 aliphatic heterocycles. The molecule has 0 bridgehead atoms. The van der Waals surface area contributed by atoms with Gasteiger partial charge < -0.3 is 16.4 Å². The van der Waals surface area contributed by atoms with E-state index in [1.54, 1.807) is 0 Å². The van der Waals surface area contributed by atoms with Gasteiger partial charge in [0.1, 0.15) is 0 Å². The molecule has 0 aliphatic carbocycles. The summed E-state index contributed by atoms with van der Waals surface area (Å²) in [6, 6.07) is 1.05. The Bertz CT molecular complexity index is 307. The van der Waals surface area contributed by atoms with Crippen LogP contribution < -0.4 is 16.4 Å². The number of thioether (sulfide) groups is 1. The molecule has 1 rings (SSSR count). The molecule has 130 valence electrons. The number of nitrogens with one attached hydrogen (secondary N) is 2. The van der Waals surface area contributed by atoms with Crippen molar-refractivity contribution in [2.45, 2.75) is 76.1 Å². The molecule has 4 heteroatoms. The molecule has 1 aliphatic rings. The molecule has 4 N–H and O–H groups in total. The van der Waals surface area contributed by atoms with Crippen molar-refractivity contribution >= 4 is 11.8 Å². The largest absolute Gasteiger partial charge is 0.389 e. The second kappa shape index (κ2) is 11.4. The SMILES string of the molecule is C=C(CCCCC1SCC(NC)C1C)NCCCCC(C)N. The third-order valence-electron chi connectivity index (χ3n) is 4.76. The fourth-order valence-electron chi connectivity index (χ4n) is 3.11. The number of unbranched alkanes of at least 4 members (excludes halogenated alkanes) is 2. The second-order valence-corrected chi connectivity index (χ2v) is 8.15. The lowest BCUT2D eigenvalue weighted by Crippen LogP contribution is -2.32. The van der Waals surface area contributed by atoms with E-state index in [0.29, 0.717) is 12.1 Å². The van der Waals surface area contributed by atoms with E-state index in [2.05, 4.69) is 49.9 Å². The van der Waals surface area contributed by atoms with Crippen LogP contribution in [0.5, 0.6) is 0 Å². The first-order chi connectivity index (χ1) is 10.5. The molecule has 1 fully saturated rings. The minimum atomic E-state index is 0.335. The van der Waals surface area contributed by atoms with Crippen molar-refractivity contribution in [2.75, 3.05) is 19.3 Å². The van der Waals surface area contributed by atoms with Crippen molar-refractivity contribution < 1.29 is 0 Å². The first kappa shape index (κ1) is 19.9. The molecule has 0 amide bonds. The highest BCUT2D eigenvalue weighted by atomic mass is 32.2. The quantitative estimate of drug-likeness (QED) is 0.480. The van der Waals surface area contributed by atoms with E-state index in [4.69, 9.17) is 5.73 Å². The van der Waals surface area contributed by atoms with Gasteiger partial charge in [-0.1, -0.05) is 26.3 Å². The van der Waals surface area contributed by atoms with Gasteiger partial charge in [0.05, 0.1) is 0 Å². The third-order valence-corrected chi connectivity index (χ3v) is 6.40. The monoisotopic (exact) mass is 327 g/mol. The average molecular weight is 328 g/mol. The highest BCUT2D eigenvalue weighted by Gasteiger charge is 2.31. The van der Waals surface area contributed by atoms with Crippen LogP contribution in [0, 0.1) is 5.92 Å². The molecule has 0 saturated carbocycles. The van der Waals surface area contributed by atoms with Crippen LogP contribution in [0.2, 0.25) is 0 Å². The highest BCUT2D eigenvalue weighted by Crippen LogP contribution is 2.35. The van der Waals surface area contributed by atoms with Crippen LogP contribution in [0.4, 0.5) is 0 Å². The molecule has 1 saturated heterocycles. The maximum absolute atomic E-state index is 5.75. The molecule has 0 aromatic rings. The first-order valence-electron chi connectivity index (χ1n) is 9.00. The lowest BCUT2D eigenvalue weighted by Gasteiger charge is -2.19. The number of hydrogen-bond acceptors (Lipinski definition) is 4. The molecule has 1 heterocycles. The topological polar surface area (TPSA) is 50.1 Å². The summed E-state index contributed by atoms with van der Waals surface area (Å²) in [4.78, 5) is 0. The molecule has 0 spiro atoms. The van der Waals surface area contributed by atoms with Gasteiger partial charge in [-0.2, -0.15) is 11.8 Å². The maximum Gasteiger partial charge on any atom is 0.0191 e. The zero-order valence-corrected chi connectivity index (χ0v) is 15.7. The summed E-state index contributed by atoms with van der Waals surface area (Å²) >= 11 is 2.15. The average Bonchev–Trinajstić information content (AvgIpc) is 2.83. The van der Waals surface area contributed by atoms with Gasteiger partial charge in [0, 0.05) is 35.3 Å². The Morgan fingerprint density at radius 1 is 1.32 bits per heavy atom. The Morgan fingerprint density at radius 2 is 2.09 bits per heavy atom. The fourth-order valence-corrected chi connectivity index (χ4v) is 4.86. The molecule has 0 aromatic carbocycles. The van der Waals surface area contributed by atoms with E-state index in [1.807, 2.05) is 0 Å². The summed E-state index contributed by atoms with van der Waals surface area (Å²) in [6.45, 7) is 9.67. The molecule has 0 aromatic heterocycles. The van der Waals surface area contributed by atoms with Gasteiger partial charge in [0.25, 0.3) is 0 Å². The Kier molecular flexibility index (Phi) is 10.3. The predicted molar refractivity (Wildman–Crippen MR) is 101 cm³/mol. The number of nitrogens with two attached hydrogens (primary N) is 1. The molecular formula is C18H37N3S. The molecule has 22 heavy (non-hydrogen) atoms. The van der Waals surface area contributed by atoms with Gasteiger partial charge in [-0.05, 0) is 52.0 Å². The van der Waals surface area contributed by atoms with E-state index in [0.717, 1.165) is 30.6 Å². The van der Waals surface area contributed by atoms with Gasteiger partial charge in [-0.15, -0.1) is 0 Å². The summed E-state index contributed by atoms with van der Waals surface area (Å²) in [5.41, 5.74) is 6.96. The van der Waals surface area contributed by atoms with Crippen molar-refractivity contribution in [3.8, 4) is 0 Å². The van der Waals surface area contributed by atoms with Crippen LogP contribution in [0.15, 0.2) is 12.3 Å². The Balaban J connectivity index is 1.97. The van der Waals surface area contributed by atoms with Gasteiger partial charge in [0.2, 0.25) is 0 Å². The molecule has 4 unspecified atom stereocenters. The standard InChI is InChI=1S/C18H37N3S/c1-14(19)9-7-8-12-21-15(2)10-5-6-11-18-16(3)17(20-4)13-22-18/h14,16-18,20-21H,2,5-13,19H2,1,3-4H3. The van der Waals surface area contributed by atoms with Crippen LogP contribution in [0.25, 0.3) is 0 Å². The van der Waals surface area contributed by atoms with E-state index in [1.165, 1.54) is 43.6 Å². The van der Waals surface area contributed by atoms with E-state index in [9.17, 15) is 0 Å². The zero-order chi connectivity index (χ0) is 16.4. The molecule has 4 atom stereocenters. The normalized spacial score (nSPS) is 26.1. The Labute approximate surface area is 142 Å². The van der Waals surface area contributed by atoms with Crippen LogP contribution >= 0.6 is 11.8 Å². The van der Waals surface area contributed by atoms with Crippen LogP contribution in [-0.4, -0.2) is 36.7 Å². The minimum Gasteiger partial charge on any atom is -0.389 e. The van der Waals surface area contributed by atoms with E-state index in [-0.39, 0.29) is 0 Å². The zero-order valence-electron chi connectivity index (χ0n) is 14.9. The number of allylic oxidation sites excluding steroid dienone is 1. The molecule has 0 radical (unpaired) electrons. The Hall–Kier alpha value is -0.190. The van der Waals surface area contributed by atoms with Crippen molar-refractivity contribution in [1.29, 1.82) is 0 Å². The number of rotatable bonds is 12. The van der Waals surface area contributed by atoms with Crippen LogP contribution in [0.1, 0.15) is 58.8 Å². The van der Waals surface area contributed by atoms with Gasteiger partial charge in [0.15, 0.2) is 0 Å². The van der Waals surface area contributed by atoms with Crippen molar-refractivity contribution in [2.24, 2.45) is 11.7 Å². The lowest BCUT2D eigenvalue weighted by atomic mass is 9.96. The first-order valence-corrected chi connectivity index (χ1v) is 10.1. The van der Waals surface area contributed by atoms with Crippen molar-refractivity contribution in [3.63, 3.8) is 0 Å². The van der Waals surface area contributed by atoms with Crippen LogP contribution in [-0.2, 0) is 0 Å². The lowest BCUT2D eigenvalue weighted by molar-refractivity contribution is 0.422. The number of hydrogen-bond donors (Lipinski definition) is 3. The maximum atomic E-state index is 5.75. The third kappa shape index (κ3) is 7.89. The van der Waals surface area contributed by atoms with E-state index >= 15 is 0 Å². The van der Waals surface area contributed by atoms with Crippen molar-refractivity contribution in [1.82, 2.24) is 10.6 Å². The van der Waals surface area contributed by atoms with Crippen LogP contribution in [0.3, 0.4) is 0 Å².